The number of allylic oxidation sites excluding steroid dienone is 11. The largest absolute Gasteiger partial charge is 0.756 e. The van der Waals surface area contributed by atoms with E-state index in [0.717, 1.165) is 44.9 Å². The second kappa shape index (κ2) is 39.5. The number of aliphatic hydroxyl groups excluding tert-OH is 1. The molecule has 0 fully saturated rings. The molecule has 11 heteroatoms. The van der Waals surface area contributed by atoms with Crippen molar-refractivity contribution < 1.29 is 47.2 Å². The van der Waals surface area contributed by atoms with Crippen LogP contribution < -0.4 is 4.89 Å². The first-order valence-electron chi connectivity index (χ1n) is 22.7. The van der Waals surface area contributed by atoms with Gasteiger partial charge in [-0.3, -0.25) is 14.2 Å². The molecule has 0 amide bonds. The number of ether oxygens (including phenoxy) is 2. The van der Waals surface area contributed by atoms with Gasteiger partial charge >= 0.3 is 11.9 Å². The Morgan fingerprint density at radius 2 is 1.05 bits per heavy atom. The highest BCUT2D eigenvalue weighted by molar-refractivity contribution is 7.45. The lowest BCUT2D eigenvalue weighted by molar-refractivity contribution is -0.870. The molecule has 340 valence electrons. The van der Waals surface area contributed by atoms with Crippen LogP contribution in [0.25, 0.3) is 0 Å². The summed E-state index contributed by atoms with van der Waals surface area (Å²) in [7, 11) is 1.09. The van der Waals surface area contributed by atoms with Gasteiger partial charge in [-0.05, 0) is 51.9 Å². The number of likely N-dealkylation sites (N-methyl/N-ethyl adjacent to an activating group) is 1. The molecule has 0 rings (SSSR count). The van der Waals surface area contributed by atoms with E-state index in [1.807, 2.05) is 39.4 Å². The van der Waals surface area contributed by atoms with Crippen LogP contribution in [0.2, 0.25) is 0 Å². The second-order valence-corrected chi connectivity index (χ2v) is 17.7. The minimum absolute atomic E-state index is 0.0518. The van der Waals surface area contributed by atoms with Crippen molar-refractivity contribution in [1.82, 2.24) is 0 Å². The van der Waals surface area contributed by atoms with Crippen LogP contribution in [-0.4, -0.2) is 81.2 Å². The van der Waals surface area contributed by atoms with E-state index in [2.05, 4.69) is 55.5 Å². The average Bonchev–Trinajstić information content (AvgIpc) is 3.17. The maximum Gasteiger partial charge on any atom is 0.306 e. The first kappa shape index (κ1) is 56.4. The second-order valence-electron chi connectivity index (χ2n) is 16.3. The Bertz CT molecular complexity index is 1250. The van der Waals surface area contributed by atoms with E-state index >= 15 is 0 Å². The highest BCUT2D eigenvalue weighted by atomic mass is 31.2. The average molecular weight is 850 g/mol. The van der Waals surface area contributed by atoms with Crippen molar-refractivity contribution in [2.75, 3.05) is 47.5 Å². The van der Waals surface area contributed by atoms with Crippen molar-refractivity contribution in [3.05, 3.63) is 72.9 Å². The number of phosphoric acid groups is 1. The molecule has 0 aromatic carbocycles. The fourth-order valence-corrected chi connectivity index (χ4v) is 6.48. The number of carbonyl (C=O) groups is 2. The number of carbonyl (C=O) groups excluding carboxylic acids is 2. The molecular formula is C48H84NO9P. The molecule has 3 atom stereocenters. The molecular weight excluding hydrogens is 765 g/mol. The fourth-order valence-electron chi connectivity index (χ4n) is 5.75. The zero-order chi connectivity index (χ0) is 43.7. The number of hydrogen-bond acceptors (Lipinski definition) is 9. The molecule has 1 N–H and O–H groups in total. The van der Waals surface area contributed by atoms with Gasteiger partial charge in [0.25, 0.3) is 7.82 Å². The summed E-state index contributed by atoms with van der Waals surface area (Å²) < 4.78 is 33.8. The summed E-state index contributed by atoms with van der Waals surface area (Å²) in [5, 5.41) is 9.19. The van der Waals surface area contributed by atoms with Crippen LogP contribution in [-0.2, 0) is 32.7 Å². The van der Waals surface area contributed by atoms with Gasteiger partial charge in [-0.1, -0.05) is 170 Å². The van der Waals surface area contributed by atoms with Gasteiger partial charge in [-0.2, -0.15) is 0 Å². The number of aliphatic hydroxyl groups is 1. The molecule has 0 saturated heterocycles. The van der Waals surface area contributed by atoms with Crippen molar-refractivity contribution >= 4 is 19.8 Å². The summed E-state index contributed by atoms with van der Waals surface area (Å²) in [6, 6.07) is 0. The molecule has 3 unspecified atom stereocenters. The van der Waals surface area contributed by atoms with Crippen molar-refractivity contribution in [2.45, 2.75) is 174 Å². The van der Waals surface area contributed by atoms with Crippen molar-refractivity contribution in [2.24, 2.45) is 0 Å². The van der Waals surface area contributed by atoms with E-state index in [1.165, 1.54) is 77.0 Å². The number of phosphoric ester groups is 1. The molecule has 0 radical (unpaired) electrons. The molecule has 0 aliphatic carbocycles. The van der Waals surface area contributed by atoms with Gasteiger partial charge in [0, 0.05) is 12.8 Å². The van der Waals surface area contributed by atoms with E-state index in [-0.39, 0.29) is 26.1 Å². The molecule has 0 saturated carbocycles. The third kappa shape index (κ3) is 44.8. The minimum Gasteiger partial charge on any atom is -0.756 e. The van der Waals surface area contributed by atoms with Crippen LogP contribution in [0.15, 0.2) is 72.9 Å². The lowest BCUT2D eigenvalue weighted by Gasteiger charge is -2.28. The first-order valence-corrected chi connectivity index (χ1v) is 24.2. The summed E-state index contributed by atoms with van der Waals surface area (Å²) in [5.41, 5.74) is 0. The van der Waals surface area contributed by atoms with Crippen molar-refractivity contribution in [1.29, 1.82) is 0 Å². The molecule has 59 heavy (non-hydrogen) atoms. The summed E-state index contributed by atoms with van der Waals surface area (Å²) in [4.78, 5) is 37.5. The van der Waals surface area contributed by atoms with E-state index in [4.69, 9.17) is 18.5 Å². The Hall–Kier alpha value is -2.59. The van der Waals surface area contributed by atoms with Gasteiger partial charge in [0.15, 0.2) is 6.10 Å². The molecule has 0 bridgehead atoms. The van der Waals surface area contributed by atoms with Crippen LogP contribution in [0.3, 0.4) is 0 Å². The normalized spacial score (nSPS) is 14.8. The van der Waals surface area contributed by atoms with Gasteiger partial charge in [0.2, 0.25) is 0 Å². The summed E-state index contributed by atoms with van der Waals surface area (Å²) in [6.07, 6.45) is 46.6. The number of nitrogens with zero attached hydrogens (tertiary/aromatic N) is 1. The molecule has 0 heterocycles. The molecule has 0 aromatic heterocycles. The van der Waals surface area contributed by atoms with Crippen LogP contribution >= 0.6 is 7.82 Å². The SMILES string of the molecule is CCCCCCCCCCCCCCCCCC(=O)OCC(COP(=O)([O-])OCC[N+](C)(C)C)OC(=O)CC/C=C/C/C=C/C/C=C/C/C=C/C/C=C/C/C=C\C(C)O. The Labute approximate surface area is 360 Å². The Morgan fingerprint density at radius 3 is 1.51 bits per heavy atom. The first-order chi connectivity index (χ1) is 28.3. The predicted octanol–water partition coefficient (Wildman–Crippen LogP) is 11.4. The third-order valence-corrected chi connectivity index (χ3v) is 10.2. The zero-order valence-electron chi connectivity index (χ0n) is 37.8. The van der Waals surface area contributed by atoms with E-state index in [0.29, 0.717) is 23.9 Å². The number of rotatable bonds is 40. The lowest BCUT2D eigenvalue weighted by Crippen LogP contribution is -2.37. The molecule has 0 spiro atoms. The zero-order valence-corrected chi connectivity index (χ0v) is 38.7. The molecule has 10 nitrogen and oxygen atoms in total. The fraction of sp³-hybridized carbons (Fsp3) is 0.708. The topological polar surface area (TPSA) is 131 Å². The summed E-state index contributed by atoms with van der Waals surface area (Å²) >= 11 is 0. The van der Waals surface area contributed by atoms with Gasteiger partial charge in [-0.15, -0.1) is 0 Å². The molecule has 0 aromatic rings. The third-order valence-electron chi connectivity index (χ3n) is 9.27. The number of unbranched alkanes of at least 4 members (excludes halogenated alkanes) is 14. The van der Waals surface area contributed by atoms with Crippen LogP contribution in [0, 0.1) is 0 Å². The standard InChI is InChI=1S/C48H84NO9P/c1-6-7-8-9-10-11-12-13-17-21-24-27-30-33-36-39-47(51)55-43-46(44-57-59(53,54)56-42-41-49(3,4)5)58-48(52)40-37-34-31-28-25-22-19-16-14-15-18-20-23-26-29-32-35-38-45(2)50/h14,16,18,20,22,25-26,29,31,34-35,38,45-46,50H,6-13,15,17,19,21,23-24,27-28,30,32-33,36-37,39-44H2,1-5H3/b16-14+,20-18+,25-22+,29-26+,34-31+,38-35-. The van der Waals surface area contributed by atoms with Crippen molar-refractivity contribution in [3.8, 4) is 0 Å². The Kier molecular flexibility index (Phi) is 37.8. The lowest BCUT2D eigenvalue weighted by atomic mass is 10.0. The maximum absolute atomic E-state index is 12.7. The quantitative estimate of drug-likeness (QED) is 0.0210. The van der Waals surface area contributed by atoms with Gasteiger partial charge in [0.1, 0.15) is 19.8 Å². The van der Waals surface area contributed by atoms with Gasteiger partial charge in [-0.25, -0.2) is 0 Å². The number of quaternary nitrogens is 1. The van der Waals surface area contributed by atoms with Gasteiger partial charge in [0.05, 0.1) is 33.9 Å². The summed E-state index contributed by atoms with van der Waals surface area (Å²) in [5.74, 6) is -0.948. The Balaban J connectivity index is 4.48. The summed E-state index contributed by atoms with van der Waals surface area (Å²) in [6.45, 7) is 3.59. The van der Waals surface area contributed by atoms with Gasteiger partial charge < -0.3 is 33.0 Å². The Morgan fingerprint density at radius 1 is 0.610 bits per heavy atom. The maximum atomic E-state index is 12.7. The molecule has 0 aliphatic heterocycles. The van der Waals surface area contributed by atoms with E-state index in [1.54, 1.807) is 13.0 Å². The molecule has 0 aliphatic rings. The highest BCUT2D eigenvalue weighted by Crippen LogP contribution is 2.38. The van der Waals surface area contributed by atoms with Crippen LogP contribution in [0.1, 0.15) is 162 Å². The number of hydrogen-bond donors (Lipinski definition) is 1. The smallest absolute Gasteiger partial charge is 0.306 e. The predicted molar refractivity (Wildman–Crippen MR) is 242 cm³/mol. The van der Waals surface area contributed by atoms with E-state index in [9.17, 15) is 24.2 Å². The van der Waals surface area contributed by atoms with Crippen LogP contribution in [0.4, 0.5) is 0 Å². The monoisotopic (exact) mass is 850 g/mol. The number of esters is 2. The highest BCUT2D eigenvalue weighted by Gasteiger charge is 2.21. The van der Waals surface area contributed by atoms with Crippen LogP contribution in [0.5, 0.6) is 0 Å². The van der Waals surface area contributed by atoms with Crippen molar-refractivity contribution in [3.63, 3.8) is 0 Å². The minimum atomic E-state index is -4.65. The van der Waals surface area contributed by atoms with E-state index < -0.39 is 38.6 Å².